The lowest BCUT2D eigenvalue weighted by molar-refractivity contribution is -0.156. The number of esters is 1. The van der Waals surface area contributed by atoms with Crippen LogP contribution >= 0.6 is 11.8 Å². The molecule has 3 rings (SSSR count). The van der Waals surface area contributed by atoms with Gasteiger partial charge in [-0.2, -0.15) is 11.8 Å². The van der Waals surface area contributed by atoms with Crippen molar-refractivity contribution >= 4 is 23.8 Å². The number of carbonyl (C=O) groups is 2. The predicted octanol–water partition coefficient (Wildman–Crippen LogP) is 8.27. The number of nitrogens with one attached hydrogen (secondary N) is 1. The largest absolute Gasteiger partial charge is 0.458 e. The molecule has 250 valence electrons. The zero-order valence-electron chi connectivity index (χ0n) is 27.9. The monoisotopic (exact) mass is 641 g/mol. The molecule has 8 heteroatoms. The molecule has 45 heavy (non-hydrogen) atoms. The Hall–Kier alpha value is -2.55. The quantitative estimate of drug-likeness (QED) is 0.105. The first-order valence-corrected chi connectivity index (χ1v) is 18.0. The van der Waals surface area contributed by atoms with Gasteiger partial charge in [0, 0.05) is 24.0 Å². The van der Waals surface area contributed by atoms with Crippen molar-refractivity contribution in [1.82, 2.24) is 5.32 Å². The van der Waals surface area contributed by atoms with Gasteiger partial charge in [-0.1, -0.05) is 113 Å². The molecule has 0 radical (unpaired) electrons. The highest BCUT2D eigenvalue weighted by atomic mass is 32.2. The number of fused-ring (bicyclic) bond motifs is 3. The Kier molecular flexibility index (Phi) is 16.3. The van der Waals surface area contributed by atoms with Crippen molar-refractivity contribution in [3.05, 3.63) is 59.7 Å². The Bertz CT molecular complexity index is 1120. The lowest BCUT2D eigenvalue weighted by Crippen LogP contribution is -2.46. The van der Waals surface area contributed by atoms with Crippen molar-refractivity contribution in [1.29, 1.82) is 0 Å². The Labute approximate surface area is 275 Å². The number of aliphatic hydroxyl groups excluding tert-OH is 1. The number of amides is 1. The van der Waals surface area contributed by atoms with Crippen LogP contribution in [0.15, 0.2) is 48.5 Å². The highest BCUT2D eigenvalue weighted by Crippen LogP contribution is 2.44. The van der Waals surface area contributed by atoms with E-state index in [1.54, 1.807) is 20.8 Å². The summed E-state index contributed by atoms with van der Waals surface area (Å²) in [5.41, 5.74) is 3.84. The van der Waals surface area contributed by atoms with Crippen molar-refractivity contribution in [2.24, 2.45) is 0 Å². The number of benzene rings is 2. The van der Waals surface area contributed by atoms with Gasteiger partial charge in [0.1, 0.15) is 18.2 Å². The minimum absolute atomic E-state index is 0.0760. The van der Waals surface area contributed by atoms with E-state index in [0.717, 1.165) is 35.1 Å². The van der Waals surface area contributed by atoms with Gasteiger partial charge in [-0.15, -0.1) is 0 Å². The lowest BCUT2D eigenvalue weighted by atomic mass is 9.98. The van der Waals surface area contributed by atoms with E-state index in [1.165, 1.54) is 63.1 Å². The third-order valence-electron chi connectivity index (χ3n) is 7.87. The van der Waals surface area contributed by atoms with Crippen LogP contribution in [-0.2, 0) is 19.0 Å². The molecule has 2 aromatic rings. The third-order valence-corrected chi connectivity index (χ3v) is 9.06. The van der Waals surface area contributed by atoms with Crippen molar-refractivity contribution in [3.8, 4) is 11.1 Å². The molecule has 1 aliphatic carbocycles. The minimum Gasteiger partial charge on any atom is -0.458 e. The summed E-state index contributed by atoms with van der Waals surface area (Å²) in [6.45, 7) is 8.66. The van der Waals surface area contributed by atoms with E-state index in [4.69, 9.17) is 14.2 Å². The maximum Gasteiger partial charge on any atom is 0.407 e. The van der Waals surface area contributed by atoms with Crippen molar-refractivity contribution < 1.29 is 28.9 Å². The number of carbonyl (C=O) groups excluding carboxylic acids is 2. The number of hydrogen-bond donors (Lipinski definition) is 2. The van der Waals surface area contributed by atoms with Crippen LogP contribution < -0.4 is 5.32 Å². The molecular formula is C37H55NO6S. The first-order valence-electron chi connectivity index (χ1n) is 16.9. The normalized spacial score (nSPS) is 14.0. The van der Waals surface area contributed by atoms with E-state index in [9.17, 15) is 14.7 Å². The van der Waals surface area contributed by atoms with Crippen molar-refractivity contribution in [2.45, 2.75) is 116 Å². The number of thioether (sulfide) groups is 1. The smallest absolute Gasteiger partial charge is 0.407 e. The third kappa shape index (κ3) is 13.4. The number of hydrogen-bond acceptors (Lipinski definition) is 7. The molecule has 7 nitrogen and oxygen atoms in total. The molecule has 2 atom stereocenters. The Morgan fingerprint density at radius 1 is 0.844 bits per heavy atom. The lowest BCUT2D eigenvalue weighted by Gasteiger charge is -2.25. The number of ether oxygens (including phenoxy) is 3. The van der Waals surface area contributed by atoms with E-state index in [-0.39, 0.29) is 24.9 Å². The van der Waals surface area contributed by atoms with Crippen LogP contribution in [0, 0.1) is 0 Å². The molecule has 0 spiro atoms. The van der Waals surface area contributed by atoms with E-state index >= 15 is 0 Å². The van der Waals surface area contributed by atoms with Crippen molar-refractivity contribution in [3.63, 3.8) is 0 Å². The first kappa shape index (κ1) is 36.9. The maximum absolute atomic E-state index is 13.0. The van der Waals surface area contributed by atoms with Crippen LogP contribution in [0.3, 0.4) is 0 Å². The van der Waals surface area contributed by atoms with Gasteiger partial charge in [0.25, 0.3) is 0 Å². The molecule has 0 saturated heterocycles. The van der Waals surface area contributed by atoms with Gasteiger partial charge in [-0.3, -0.25) is 0 Å². The van der Waals surface area contributed by atoms with Crippen LogP contribution in [0.2, 0.25) is 0 Å². The first-order chi connectivity index (χ1) is 21.7. The molecule has 2 N–H and O–H groups in total. The molecule has 2 aromatic carbocycles. The minimum atomic E-state index is -0.912. The number of unbranched alkanes of at least 4 members (excludes halogenated alkanes) is 9. The van der Waals surface area contributed by atoms with Gasteiger partial charge in [0.05, 0.1) is 12.7 Å². The van der Waals surface area contributed by atoms with E-state index < -0.39 is 29.8 Å². The van der Waals surface area contributed by atoms with Gasteiger partial charge in [0.2, 0.25) is 0 Å². The summed E-state index contributed by atoms with van der Waals surface area (Å²) in [6.07, 6.45) is 11.4. The second-order valence-corrected chi connectivity index (χ2v) is 14.1. The number of aliphatic hydroxyl groups is 1. The van der Waals surface area contributed by atoms with Crippen LogP contribution in [0.1, 0.15) is 109 Å². The SMILES string of the molecule is CCCCCCCCCCCCOC[C@H](O)CSCC(NC(=O)OCC1c2ccccc2-c2ccccc21)C(=O)OC(C)(C)C. The average molecular weight is 642 g/mol. The molecule has 0 aliphatic heterocycles. The molecular weight excluding hydrogens is 586 g/mol. The molecule has 0 heterocycles. The summed E-state index contributed by atoms with van der Waals surface area (Å²) in [4.78, 5) is 25.9. The summed E-state index contributed by atoms with van der Waals surface area (Å²) in [5.74, 6) is 0.0152. The summed E-state index contributed by atoms with van der Waals surface area (Å²) in [6, 6.07) is 15.4. The van der Waals surface area contributed by atoms with Crippen LogP contribution in [0.5, 0.6) is 0 Å². The van der Waals surface area contributed by atoms with Crippen molar-refractivity contribution in [2.75, 3.05) is 31.3 Å². The van der Waals surface area contributed by atoms with Crippen LogP contribution in [-0.4, -0.2) is 66.2 Å². The average Bonchev–Trinajstić information content (AvgIpc) is 3.32. The maximum atomic E-state index is 13.0. The Morgan fingerprint density at radius 3 is 1.98 bits per heavy atom. The Balaban J connectivity index is 1.37. The Morgan fingerprint density at radius 2 is 1.40 bits per heavy atom. The van der Waals surface area contributed by atoms with Crippen LogP contribution in [0.25, 0.3) is 11.1 Å². The van der Waals surface area contributed by atoms with Gasteiger partial charge < -0.3 is 24.6 Å². The molecule has 0 aromatic heterocycles. The molecule has 1 amide bonds. The topological polar surface area (TPSA) is 94.1 Å². The molecule has 1 aliphatic rings. The molecule has 0 fully saturated rings. The summed E-state index contributed by atoms with van der Waals surface area (Å²) < 4.78 is 16.9. The highest BCUT2D eigenvalue weighted by Gasteiger charge is 2.31. The zero-order chi connectivity index (χ0) is 32.5. The fourth-order valence-corrected chi connectivity index (χ4v) is 6.56. The molecule has 0 bridgehead atoms. The van der Waals surface area contributed by atoms with E-state index in [0.29, 0.717) is 12.4 Å². The number of rotatable bonds is 21. The molecule has 1 unspecified atom stereocenters. The highest BCUT2D eigenvalue weighted by molar-refractivity contribution is 7.99. The van der Waals surface area contributed by atoms with Gasteiger partial charge >= 0.3 is 12.1 Å². The summed E-state index contributed by atoms with van der Waals surface area (Å²) in [7, 11) is 0. The van der Waals surface area contributed by atoms with E-state index in [2.05, 4.69) is 36.5 Å². The van der Waals surface area contributed by atoms with Gasteiger partial charge in [-0.05, 0) is 49.4 Å². The fourth-order valence-electron chi connectivity index (χ4n) is 5.60. The van der Waals surface area contributed by atoms with Crippen LogP contribution in [0.4, 0.5) is 4.79 Å². The standard InChI is InChI=1S/C37H55NO6S/c1-5-6-7-8-9-10-11-12-13-18-23-42-24-28(39)26-45-27-34(35(40)44-37(2,3)4)38-36(41)43-25-33-31-21-16-14-19-29(31)30-20-15-17-22-32(30)33/h14-17,19-22,28,33-34,39H,5-13,18,23-27H2,1-4H3,(H,38,41)/t28-,34?/m0/s1. The number of alkyl carbamates (subject to hydrolysis) is 1. The summed E-state index contributed by atoms with van der Waals surface area (Å²) in [5, 5.41) is 13.1. The second kappa shape index (κ2) is 19.9. The molecule has 0 saturated carbocycles. The zero-order valence-corrected chi connectivity index (χ0v) is 28.7. The van der Waals surface area contributed by atoms with Gasteiger partial charge in [0.15, 0.2) is 0 Å². The summed E-state index contributed by atoms with van der Waals surface area (Å²) >= 11 is 1.37. The second-order valence-electron chi connectivity index (χ2n) is 13.0. The van der Waals surface area contributed by atoms with Gasteiger partial charge in [-0.25, -0.2) is 9.59 Å². The fraction of sp³-hybridized carbons (Fsp3) is 0.622. The predicted molar refractivity (Wildman–Crippen MR) is 184 cm³/mol. The van der Waals surface area contributed by atoms with E-state index in [1.807, 2.05) is 24.3 Å².